The topological polar surface area (TPSA) is 97.1 Å². The van der Waals surface area contributed by atoms with E-state index in [1.54, 1.807) is 10.4 Å². The second kappa shape index (κ2) is 12.6. The molecule has 4 aromatic rings. The van der Waals surface area contributed by atoms with Crippen LogP contribution in [0.15, 0.2) is 76.0 Å². The molecule has 230 valence electrons. The molecule has 7 nitrogen and oxygen atoms in total. The first-order valence-corrected chi connectivity index (χ1v) is 17.5. The van der Waals surface area contributed by atoms with E-state index in [1.807, 2.05) is 68.4 Å². The van der Waals surface area contributed by atoms with Crippen molar-refractivity contribution in [1.82, 2.24) is 4.31 Å². The standard InChI is InChI=1S/C34H34ClNO6S2/c1-21-28-19-26(35)10-12-32(28)43-34(21)44(39,40)36-16-14-27-29(20-36)23(9-13-33(37)38)8-11-30(27)41-17-15-25-18-31(42-22(25)2)24-6-4-3-5-7-24/h3-8,10-12,18-19,21,34H,9,13-17,20H2,1-2H3,(H,37,38). The van der Waals surface area contributed by atoms with Gasteiger partial charge in [-0.25, -0.2) is 8.42 Å². The predicted octanol–water partition coefficient (Wildman–Crippen LogP) is 7.47. The van der Waals surface area contributed by atoms with E-state index in [9.17, 15) is 18.3 Å². The van der Waals surface area contributed by atoms with Crippen LogP contribution in [-0.2, 0) is 40.6 Å². The Hall–Kier alpha value is -3.24. The number of aliphatic carboxylic acids is 1. The van der Waals surface area contributed by atoms with Gasteiger partial charge in [0.1, 0.15) is 21.9 Å². The summed E-state index contributed by atoms with van der Waals surface area (Å²) in [5.74, 6) is 1.28. The number of carboxylic acid groups (broad SMARTS) is 1. The van der Waals surface area contributed by atoms with Crippen molar-refractivity contribution >= 4 is 39.4 Å². The first kappa shape index (κ1) is 30.8. The Labute approximate surface area is 267 Å². The fraction of sp³-hybridized carbons (Fsp3) is 0.324. The van der Waals surface area contributed by atoms with Gasteiger partial charge in [-0.2, -0.15) is 4.31 Å². The molecule has 10 heteroatoms. The van der Waals surface area contributed by atoms with Crippen molar-refractivity contribution in [3.63, 3.8) is 0 Å². The average Bonchev–Trinajstić information content (AvgIpc) is 3.55. The molecule has 3 aromatic carbocycles. The monoisotopic (exact) mass is 651 g/mol. The third-order valence-electron chi connectivity index (χ3n) is 8.51. The van der Waals surface area contributed by atoms with E-state index in [-0.39, 0.29) is 18.9 Å². The van der Waals surface area contributed by atoms with Gasteiger partial charge in [-0.15, -0.1) is 11.8 Å². The zero-order valence-electron chi connectivity index (χ0n) is 24.6. The molecule has 6 rings (SSSR count). The van der Waals surface area contributed by atoms with Crippen molar-refractivity contribution in [2.45, 2.75) is 61.5 Å². The summed E-state index contributed by atoms with van der Waals surface area (Å²) in [5, 5.41) is 9.96. The number of fused-ring (bicyclic) bond motifs is 2. The van der Waals surface area contributed by atoms with Crippen molar-refractivity contribution in [2.24, 2.45) is 0 Å². The molecule has 1 N–H and O–H groups in total. The Morgan fingerprint density at radius 3 is 2.64 bits per heavy atom. The molecule has 44 heavy (non-hydrogen) atoms. The predicted molar refractivity (Wildman–Crippen MR) is 173 cm³/mol. The minimum absolute atomic E-state index is 0.0332. The number of furan rings is 1. The van der Waals surface area contributed by atoms with Gasteiger partial charge in [0.05, 0.1) is 6.61 Å². The van der Waals surface area contributed by atoms with Crippen LogP contribution in [0, 0.1) is 6.92 Å². The van der Waals surface area contributed by atoms with Gasteiger partial charge < -0.3 is 14.3 Å². The second-order valence-electron chi connectivity index (χ2n) is 11.3. The van der Waals surface area contributed by atoms with Gasteiger partial charge in [-0.3, -0.25) is 4.79 Å². The highest BCUT2D eigenvalue weighted by atomic mass is 35.5. The number of hydrogen-bond acceptors (Lipinski definition) is 6. The first-order valence-electron chi connectivity index (χ1n) is 14.7. The number of hydrogen-bond donors (Lipinski definition) is 1. The zero-order valence-corrected chi connectivity index (χ0v) is 27.0. The number of aryl methyl sites for hydroxylation is 2. The van der Waals surface area contributed by atoms with Crippen molar-refractivity contribution < 1.29 is 27.5 Å². The molecular formula is C34H34ClNO6S2. The maximum absolute atomic E-state index is 14.0. The number of carboxylic acids is 1. The smallest absolute Gasteiger partial charge is 0.303 e. The number of thioether (sulfide) groups is 1. The Kier molecular flexibility index (Phi) is 8.84. The Morgan fingerprint density at radius 2 is 1.86 bits per heavy atom. The Bertz CT molecular complexity index is 1800. The van der Waals surface area contributed by atoms with E-state index in [0.29, 0.717) is 43.2 Å². The van der Waals surface area contributed by atoms with Crippen LogP contribution in [0.3, 0.4) is 0 Å². The van der Waals surface area contributed by atoms with E-state index in [4.69, 9.17) is 20.8 Å². The summed E-state index contributed by atoms with van der Waals surface area (Å²) in [6.45, 7) is 4.83. The van der Waals surface area contributed by atoms with E-state index in [1.165, 1.54) is 11.8 Å². The quantitative estimate of drug-likeness (QED) is 0.190. The van der Waals surface area contributed by atoms with Crippen LogP contribution in [-0.4, -0.2) is 41.5 Å². The summed E-state index contributed by atoms with van der Waals surface area (Å²) < 4.78 is 41.3. The third-order valence-corrected chi connectivity index (χ3v) is 13.1. The molecule has 0 aliphatic carbocycles. The van der Waals surface area contributed by atoms with Crippen molar-refractivity contribution in [2.75, 3.05) is 13.2 Å². The lowest BCUT2D eigenvalue weighted by molar-refractivity contribution is -0.136. The van der Waals surface area contributed by atoms with Gasteiger partial charge in [0.2, 0.25) is 10.0 Å². The van der Waals surface area contributed by atoms with Gasteiger partial charge in [-0.1, -0.05) is 54.9 Å². The van der Waals surface area contributed by atoms with Gasteiger partial charge in [0.25, 0.3) is 0 Å². The van der Waals surface area contributed by atoms with Crippen LogP contribution in [0.25, 0.3) is 11.3 Å². The Balaban J connectivity index is 1.21. The molecule has 0 saturated carbocycles. The Morgan fingerprint density at radius 1 is 1.07 bits per heavy atom. The van der Waals surface area contributed by atoms with E-state index >= 15 is 0 Å². The number of sulfonamides is 1. The molecule has 2 aliphatic heterocycles. The molecule has 2 aliphatic rings. The molecule has 0 saturated heterocycles. The first-order chi connectivity index (χ1) is 21.1. The van der Waals surface area contributed by atoms with Gasteiger partial charge >= 0.3 is 5.97 Å². The van der Waals surface area contributed by atoms with Gasteiger partial charge in [0.15, 0.2) is 0 Å². The fourth-order valence-electron chi connectivity index (χ4n) is 6.12. The van der Waals surface area contributed by atoms with Gasteiger partial charge in [-0.05, 0) is 72.4 Å². The highest BCUT2D eigenvalue weighted by molar-refractivity contribution is 8.13. The highest BCUT2D eigenvalue weighted by Crippen LogP contribution is 2.49. The lowest BCUT2D eigenvalue weighted by Crippen LogP contribution is -2.41. The van der Waals surface area contributed by atoms with E-state index in [0.717, 1.165) is 49.8 Å². The minimum atomic E-state index is -3.69. The number of rotatable bonds is 10. The molecule has 1 aromatic heterocycles. The summed E-state index contributed by atoms with van der Waals surface area (Å²) in [4.78, 5) is 12.4. The van der Waals surface area contributed by atoms with Gasteiger partial charge in [0, 0.05) is 52.9 Å². The molecule has 0 radical (unpaired) electrons. The molecule has 3 heterocycles. The number of nitrogens with zero attached hydrogens (tertiary/aromatic N) is 1. The van der Waals surface area contributed by atoms with Crippen LogP contribution in [0.2, 0.25) is 5.02 Å². The summed E-state index contributed by atoms with van der Waals surface area (Å²) in [6.07, 6.45) is 1.42. The largest absolute Gasteiger partial charge is 0.493 e. The maximum atomic E-state index is 14.0. The van der Waals surface area contributed by atoms with Crippen molar-refractivity contribution in [3.05, 3.63) is 105 Å². The number of carbonyl (C=O) groups is 1. The molecule has 2 unspecified atom stereocenters. The van der Waals surface area contributed by atoms with Crippen molar-refractivity contribution in [1.29, 1.82) is 0 Å². The normalized spacial score (nSPS) is 18.2. The van der Waals surface area contributed by atoms with E-state index < -0.39 is 20.6 Å². The maximum Gasteiger partial charge on any atom is 0.303 e. The molecule has 0 spiro atoms. The summed E-state index contributed by atoms with van der Waals surface area (Å²) in [6, 6.07) is 21.3. The fourth-order valence-corrected chi connectivity index (χ4v) is 10.2. The molecule has 0 bridgehead atoms. The number of halogens is 1. The lowest BCUT2D eigenvalue weighted by atomic mass is 9.92. The van der Waals surface area contributed by atoms with Crippen LogP contribution in [0.5, 0.6) is 5.75 Å². The number of ether oxygens (including phenoxy) is 1. The summed E-state index contributed by atoms with van der Waals surface area (Å²) >= 11 is 7.59. The molecular weight excluding hydrogens is 618 g/mol. The average molecular weight is 652 g/mol. The van der Waals surface area contributed by atoms with Crippen LogP contribution in [0.1, 0.15) is 52.8 Å². The SMILES string of the molecule is Cc1oc(-c2ccccc2)cc1CCOc1ccc(CCC(=O)O)c2c1CCN(S(=O)(=O)C1Sc3ccc(Cl)cc3C1C)C2. The highest BCUT2D eigenvalue weighted by Gasteiger charge is 2.43. The molecule has 0 fully saturated rings. The third kappa shape index (κ3) is 6.15. The van der Waals surface area contributed by atoms with Crippen LogP contribution >= 0.6 is 23.4 Å². The lowest BCUT2D eigenvalue weighted by Gasteiger charge is -2.33. The second-order valence-corrected chi connectivity index (χ2v) is 15.3. The minimum Gasteiger partial charge on any atom is -0.493 e. The number of benzene rings is 3. The molecule has 0 amide bonds. The van der Waals surface area contributed by atoms with E-state index in [2.05, 4.69) is 6.07 Å². The zero-order chi connectivity index (χ0) is 31.0. The molecule has 2 atom stereocenters. The van der Waals surface area contributed by atoms with Crippen LogP contribution in [0.4, 0.5) is 0 Å². The summed E-state index contributed by atoms with van der Waals surface area (Å²) in [7, 11) is -3.69. The van der Waals surface area contributed by atoms with Crippen molar-refractivity contribution in [3.8, 4) is 17.1 Å². The van der Waals surface area contributed by atoms with Crippen LogP contribution < -0.4 is 4.74 Å². The summed E-state index contributed by atoms with van der Waals surface area (Å²) in [5.41, 5.74) is 5.69.